The van der Waals surface area contributed by atoms with Crippen LogP contribution in [0.25, 0.3) is 0 Å². The molecule has 20 heavy (non-hydrogen) atoms. The lowest BCUT2D eigenvalue weighted by atomic mass is 10.1. The van der Waals surface area contributed by atoms with E-state index in [-0.39, 0.29) is 5.91 Å². The number of aryl methyl sites for hydroxylation is 1. The molecular formula is C15H20N4O. The number of aromatic amines is 1. The van der Waals surface area contributed by atoms with Gasteiger partial charge in [-0.15, -0.1) is 0 Å². The fraction of sp³-hybridized carbons (Fsp3) is 0.400. The van der Waals surface area contributed by atoms with Crippen LogP contribution in [0, 0.1) is 0 Å². The molecule has 0 fully saturated rings. The predicted molar refractivity (Wildman–Crippen MR) is 77.2 cm³/mol. The Balaban J connectivity index is 1.97. The van der Waals surface area contributed by atoms with Gasteiger partial charge in [-0.25, -0.2) is 4.98 Å². The van der Waals surface area contributed by atoms with Gasteiger partial charge in [0.05, 0.1) is 6.54 Å². The third-order valence-corrected chi connectivity index (χ3v) is 3.22. The van der Waals surface area contributed by atoms with Crippen molar-refractivity contribution < 1.29 is 4.79 Å². The number of benzene rings is 1. The Labute approximate surface area is 119 Å². The highest BCUT2D eigenvalue weighted by atomic mass is 16.2. The predicted octanol–water partition coefficient (Wildman–Crippen LogP) is 2.42. The SMILES string of the molecule is CCCCc1ccc(C(=O)N(C)Cc2ncn[nH]2)cc1. The van der Waals surface area contributed by atoms with Gasteiger partial charge >= 0.3 is 0 Å². The third-order valence-electron chi connectivity index (χ3n) is 3.22. The van der Waals surface area contributed by atoms with Crippen molar-refractivity contribution in [2.24, 2.45) is 0 Å². The first-order chi connectivity index (χ1) is 9.70. The molecule has 2 rings (SSSR count). The van der Waals surface area contributed by atoms with Gasteiger partial charge in [-0.05, 0) is 30.5 Å². The van der Waals surface area contributed by atoms with Crippen molar-refractivity contribution in [3.8, 4) is 0 Å². The van der Waals surface area contributed by atoms with Crippen molar-refractivity contribution in [3.05, 3.63) is 47.5 Å². The lowest BCUT2D eigenvalue weighted by Crippen LogP contribution is -2.26. The van der Waals surface area contributed by atoms with Gasteiger partial charge < -0.3 is 4.90 Å². The summed E-state index contributed by atoms with van der Waals surface area (Å²) in [5.74, 6) is 0.670. The van der Waals surface area contributed by atoms with Crippen molar-refractivity contribution in [1.82, 2.24) is 20.1 Å². The van der Waals surface area contributed by atoms with Crippen molar-refractivity contribution in [2.75, 3.05) is 7.05 Å². The molecular weight excluding hydrogens is 252 g/mol. The van der Waals surface area contributed by atoms with E-state index in [9.17, 15) is 4.79 Å². The summed E-state index contributed by atoms with van der Waals surface area (Å²) in [4.78, 5) is 17.9. The first-order valence-corrected chi connectivity index (χ1v) is 6.89. The summed E-state index contributed by atoms with van der Waals surface area (Å²) < 4.78 is 0. The van der Waals surface area contributed by atoms with Crippen LogP contribution in [0.15, 0.2) is 30.6 Å². The van der Waals surface area contributed by atoms with Gasteiger partial charge in [0.25, 0.3) is 5.91 Å². The van der Waals surface area contributed by atoms with E-state index in [2.05, 4.69) is 22.1 Å². The summed E-state index contributed by atoms with van der Waals surface area (Å²) in [6.07, 6.45) is 4.87. The van der Waals surface area contributed by atoms with Crippen LogP contribution in [0.1, 0.15) is 41.5 Å². The Morgan fingerprint density at radius 2 is 2.05 bits per heavy atom. The Hall–Kier alpha value is -2.17. The van der Waals surface area contributed by atoms with Gasteiger partial charge in [0.15, 0.2) is 0 Å². The monoisotopic (exact) mass is 272 g/mol. The maximum Gasteiger partial charge on any atom is 0.254 e. The minimum absolute atomic E-state index is 0.0107. The highest BCUT2D eigenvalue weighted by Gasteiger charge is 2.12. The van der Waals surface area contributed by atoms with Crippen LogP contribution in [-0.2, 0) is 13.0 Å². The topological polar surface area (TPSA) is 61.9 Å². The largest absolute Gasteiger partial charge is 0.334 e. The lowest BCUT2D eigenvalue weighted by molar-refractivity contribution is 0.0781. The van der Waals surface area contributed by atoms with E-state index in [0.717, 1.165) is 6.42 Å². The molecule has 0 radical (unpaired) electrons. The van der Waals surface area contributed by atoms with Crippen LogP contribution in [0.5, 0.6) is 0 Å². The van der Waals surface area contributed by atoms with Gasteiger partial charge in [-0.2, -0.15) is 5.10 Å². The summed E-state index contributed by atoms with van der Waals surface area (Å²) in [5.41, 5.74) is 1.98. The van der Waals surface area contributed by atoms with Gasteiger partial charge in [-0.3, -0.25) is 9.89 Å². The smallest absolute Gasteiger partial charge is 0.254 e. The summed E-state index contributed by atoms with van der Waals surface area (Å²) in [5, 5.41) is 6.53. The minimum Gasteiger partial charge on any atom is -0.334 e. The molecule has 2 aromatic rings. The summed E-state index contributed by atoms with van der Waals surface area (Å²) >= 11 is 0. The highest BCUT2D eigenvalue weighted by Crippen LogP contribution is 2.10. The van der Waals surface area contributed by atoms with Crippen LogP contribution in [0.4, 0.5) is 0 Å². The van der Waals surface area contributed by atoms with Crippen LogP contribution in [0.2, 0.25) is 0 Å². The molecule has 0 saturated carbocycles. The fourth-order valence-electron chi connectivity index (χ4n) is 2.02. The minimum atomic E-state index is -0.0107. The summed E-state index contributed by atoms with van der Waals surface area (Å²) in [7, 11) is 1.76. The molecule has 5 nitrogen and oxygen atoms in total. The Kier molecular flexibility index (Phi) is 4.87. The molecule has 0 saturated heterocycles. The number of hydrogen-bond acceptors (Lipinski definition) is 3. The number of carbonyl (C=O) groups excluding carboxylic acids is 1. The van der Waals surface area contributed by atoms with Crippen LogP contribution < -0.4 is 0 Å². The van der Waals surface area contributed by atoms with E-state index < -0.39 is 0 Å². The number of amides is 1. The number of unbranched alkanes of at least 4 members (excludes halogenated alkanes) is 1. The van der Waals surface area contributed by atoms with Gasteiger partial charge in [0.2, 0.25) is 0 Å². The molecule has 106 valence electrons. The molecule has 5 heteroatoms. The van der Waals surface area contributed by atoms with Crippen LogP contribution in [0.3, 0.4) is 0 Å². The Morgan fingerprint density at radius 3 is 2.65 bits per heavy atom. The van der Waals surface area contributed by atoms with Crippen molar-refractivity contribution in [2.45, 2.75) is 32.7 Å². The maximum atomic E-state index is 12.3. The van der Waals surface area contributed by atoms with Gasteiger partial charge in [-0.1, -0.05) is 25.5 Å². The fourth-order valence-corrected chi connectivity index (χ4v) is 2.02. The molecule has 0 bridgehead atoms. The zero-order chi connectivity index (χ0) is 14.4. The average molecular weight is 272 g/mol. The number of aromatic nitrogens is 3. The molecule has 0 spiro atoms. The molecule has 1 N–H and O–H groups in total. The van der Waals surface area contributed by atoms with E-state index >= 15 is 0 Å². The average Bonchev–Trinajstić information content (AvgIpc) is 2.97. The van der Waals surface area contributed by atoms with E-state index in [1.165, 1.54) is 24.7 Å². The number of H-pyrrole nitrogens is 1. The second kappa shape index (κ2) is 6.84. The van der Waals surface area contributed by atoms with Crippen molar-refractivity contribution >= 4 is 5.91 Å². The number of nitrogens with one attached hydrogen (secondary N) is 1. The van der Waals surface area contributed by atoms with Crippen LogP contribution in [-0.4, -0.2) is 33.0 Å². The second-order valence-electron chi connectivity index (χ2n) is 4.89. The molecule has 0 aliphatic carbocycles. The number of nitrogens with zero attached hydrogens (tertiary/aromatic N) is 3. The molecule has 1 aromatic carbocycles. The molecule has 1 heterocycles. The number of carbonyl (C=O) groups is 1. The molecule has 0 aliphatic rings. The van der Waals surface area contributed by atoms with Crippen molar-refractivity contribution in [3.63, 3.8) is 0 Å². The normalized spacial score (nSPS) is 10.5. The Bertz CT molecular complexity index is 534. The number of hydrogen-bond donors (Lipinski definition) is 1. The van der Waals surface area contributed by atoms with E-state index in [0.29, 0.717) is 17.9 Å². The molecule has 0 unspecified atom stereocenters. The van der Waals surface area contributed by atoms with E-state index in [4.69, 9.17) is 0 Å². The van der Waals surface area contributed by atoms with Gasteiger partial charge in [0, 0.05) is 12.6 Å². The van der Waals surface area contributed by atoms with Gasteiger partial charge in [0.1, 0.15) is 12.2 Å². The lowest BCUT2D eigenvalue weighted by Gasteiger charge is -2.15. The molecule has 1 amide bonds. The summed E-state index contributed by atoms with van der Waals surface area (Å²) in [6.45, 7) is 2.60. The molecule has 1 aromatic heterocycles. The molecule has 0 aliphatic heterocycles. The van der Waals surface area contributed by atoms with E-state index in [1.54, 1.807) is 11.9 Å². The van der Waals surface area contributed by atoms with Crippen molar-refractivity contribution in [1.29, 1.82) is 0 Å². The first-order valence-electron chi connectivity index (χ1n) is 6.89. The standard InChI is InChI=1S/C15H20N4O/c1-3-4-5-12-6-8-13(9-7-12)15(20)19(2)10-14-16-11-17-18-14/h6-9,11H,3-5,10H2,1-2H3,(H,16,17,18). The summed E-state index contributed by atoms with van der Waals surface area (Å²) in [6, 6.07) is 7.85. The number of rotatable bonds is 6. The molecule has 0 atom stereocenters. The zero-order valence-corrected chi connectivity index (χ0v) is 12.0. The third kappa shape index (κ3) is 3.66. The highest BCUT2D eigenvalue weighted by molar-refractivity contribution is 5.94. The Morgan fingerprint density at radius 1 is 1.30 bits per heavy atom. The van der Waals surface area contributed by atoms with Crippen LogP contribution >= 0.6 is 0 Å². The first kappa shape index (κ1) is 14.2. The quantitative estimate of drug-likeness (QED) is 0.878. The zero-order valence-electron chi connectivity index (χ0n) is 12.0. The van der Waals surface area contributed by atoms with E-state index in [1.807, 2.05) is 24.3 Å². The maximum absolute atomic E-state index is 12.3. The second-order valence-corrected chi connectivity index (χ2v) is 4.89.